The van der Waals surface area contributed by atoms with Crippen molar-refractivity contribution in [2.45, 2.75) is 23.2 Å². The summed E-state index contributed by atoms with van der Waals surface area (Å²) in [7, 11) is -3.55. The quantitative estimate of drug-likeness (QED) is 0.756. The van der Waals surface area contributed by atoms with Crippen LogP contribution in [-0.4, -0.2) is 34.7 Å². The lowest BCUT2D eigenvalue weighted by atomic mass is 9.85. The second-order valence-electron chi connectivity index (χ2n) is 3.70. The zero-order chi connectivity index (χ0) is 11.8. The maximum Gasteiger partial charge on any atom is 0.306 e. The van der Waals surface area contributed by atoms with Gasteiger partial charge in [0.2, 0.25) is 15.0 Å². The van der Waals surface area contributed by atoms with E-state index in [4.69, 9.17) is 5.11 Å². The lowest BCUT2D eigenvalue weighted by Gasteiger charge is -2.30. The number of sulfone groups is 1. The number of carbonyl (C=O) groups is 1. The van der Waals surface area contributed by atoms with Gasteiger partial charge in [-0.05, 0) is 18.9 Å². The van der Waals surface area contributed by atoms with E-state index in [0.717, 1.165) is 0 Å². The highest BCUT2D eigenvalue weighted by molar-refractivity contribution is 7.91. The van der Waals surface area contributed by atoms with Crippen molar-refractivity contribution in [2.75, 3.05) is 0 Å². The number of rotatable bonds is 3. The van der Waals surface area contributed by atoms with Gasteiger partial charge in [-0.1, -0.05) is 0 Å². The van der Waals surface area contributed by atoms with Crippen molar-refractivity contribution in [2.24, 2.45) is 5.92 Å². The first-order valence-corrected chi connectivity index (χ1v) is 6.30. The minimum atomic E-state index is -3.55. The number of hydrogen-bond donors (Lipinski definition) is 1. The zero-order valence-electron chi connectivity index (χ0n) is 8.28. The third-order valence-electron chi connectivity index (χ3n) is 2.68. The molecule has 0 saturated heterocycles. The third kappa shape index (κ3) is 1.78. The van der Waals surface area contributed by atoms with E-state index in [1.54, 1.807) is 0 Å². The van der Waals surface area contributed by atoms with Crippen LogP contribution in [0.5, 0.6) is 0 Å². The molecule has 0 radical (unpaired) electrons. The Kier molecular flexibility index (Phi) is 2.63. The van der Waals surface area contributed by atoms with Crippen LogP contribution in [0.2, 0.25) is 0 Å². The molecule has 1 heterocycles. The molecule has 0 atom stereocenters. The van der Waals surface area contributed by atoms with Gasteiger partial charge < -0.3 is 5.11 Å². The normalized spacial score (nSPS) is 24.8. The van der Waals surface area contributed by atoms with E-state index in [-0.39, 0.29) is 18.0 Å². The van der Waals surface area contributed by atoms with Crippen LogP contribution in [0.3, 0.4) is 0 Å². The Morgan fingerprint density at radius 2 is 1.88 bits per heavy atom. The Labute approximate surface area is 92.3 Å². The molecule has 6 nitrogen and oxygen atoms in total. The molecule has 2 rings (SSSR count). The number of aliphatic carboxylic acids is 1. The number of carboxylic acids is 1. The highest BCUT2D eigenvalue weighted by Gasteiger charge is 2.44. The summed E-state index contributed by atoms with van der Waals surface area (Å²) in [5.74, 6) is -1.50. The van der Waals surface area contributed by atoms with Gasteiger partial charge in [0, 0.05) is 12.4 Å². The smallest absolute Gasteiger partial charge is 0.306 e. The minimum Gasteiger partial charge on any atom is -0.481 e. The Morgan fingerprint density at radius 3 is 2.38 bits per heavy atom. The van der Waals surface area contributed by atoms with Crippen molar-refractivity contribution in [1.29, 1.82) is 0 Å². The molecule has 1 aliphatic rings. The monoisotopic (exact) mass is 242 g/mol. The van der Waals surface area contributed by atoms with Gasteiger partial charge in [0.15, 0.2) is 0 Å². The van der Waals surface area contributed by atoms with Gasteiger partial charge in [0.05, 0.1) is 11.2 Å². The van der Waals surface area contributed by atoms with Crippen molar-refractivity contribution in [3.63, 3.8) is 0 Å². The van der Waals surface area contributed by atoms with Crippen LogP contribution in [0, 0.1) is 5.92 Å². The highest BCUT2D eigenvalue weighted by atomic mass is 32.2. The predicted octanol–water partition coefficient (Wildman–Crippen LogP) is 0.113. The van der Waals surface area contributed by atoms with Crippen molar-refractivity contribution < 1.29 is 18.3 Å². The summed E-state index contributed by atoms with van der Waals surface area (Å²) in [6.45, 7) is 0. The first-order chi connectivity index (χ1) is 7.51. The largest absolute Gasteiger partial charge is 0.481 e. The molecule has 1 aromatic heterocycles. The van der Waals surface area contributed by atoms with E-state index in [1.807, 2.05) is 0 Å². The van der Waals surface area contributed by atoms with Gasteiger partial charge in [-0.3, -0.25) is 4.79 Å². The van der Waals surface area contributed by atoms with Crippen LogP contribution in [0.15, 0.2) is 23.6 Å². The first-order valence-electron chi connectivity index (χ1n) is 4.75. The highest BCUT2D eigenvalue weighted by Crippen LogP contribution is 2.35. The van der Waals surface area contributed by atoms with Gasteiger partial charge in [-0.2, -0.15) is 0 Å². The van der Waals surface area contributed by atoms with Gasteiger partial charge in [-0.25, -0.2) is 18.4 Å². The van der Waals surface area contributed by atoms with E-state index >= 15 is 0 Å². The summed E-state index contributed by atoms with van der Waals surface area (Å²) >= 11 is 0. The van der Waals surface area contributed by atoms with Crippen LogP contribution in [-0.2, 0) is 14.6 Å². The molecular weight excluding hydrogens is 232 g/mol. The first kappa shape index (κ1) is 11.0. The lowest BCUT2D eigenvalue weighted by Crippen LogP contribution is -2.40. The Bertz CT molecular complexity index is 494. The molecule has 1 fully saturated rings. The molecule has 1 aliphatic carbocycles. The molecular formula is C9H10N2O4S. The van der Waals surface area contributed by atoms with Gasteiger partial charge in [-0.15, -0.1) is 0 Å². The minimum absolute atomic E-state index is 0.149. The van der Waals surface area contributed by atoms with Crippen LogP contribution >= 0.6 is 0 Å². The van der Waals surface area contributed by atoms with E-state index in [9.17, 15) is 13.2 Å². The maximum atomic E-state index is 11.9. The molecule has 7 heteroatoms. The number of nitrogens with zero attached hydrogens (tertiary/aromatic N) is 2. The van der Waals surface area contributed by atoms with Crippen molar-refractivity contribution >= 4 is 15.8 Å². The summed E-state index contributed by atoms with van der Waals surface area (Å²) in [4.78, 5) is 17.9. The van der Waals surface area contributed by atoms with Crippen molar-refractivity contribution in [3.8, 4) is 0 Å². The molecule has 0 unspecified atom stereocenters. The van der Waals surface area contributed by atoms with Gasteiger partial charge >= 0.3 is 5.97 Å². The second kappa shape index (κ2) is 3.82. The molecule has 16 heavy (non-hydrogen) atoms. The molecule has 1 saturated carbocycles. The number of hydrogen-bond acceptors (Lipinski definition) is 5. The van der Waals surface area contributed by atoms with Gasteiger partial charge in [0.1, 0.15) is 0 Å². The maximum absolute atomic E-state index is 11.9. The third-order valence-corrected chi connectivity index (χ3v) is 4.66. The van der Waals surface area contributed by atoms with Crippen LogP contribution in [0.4, 0.5) is 0 Å². The predicted molar refractivity (Wildman–Crippen MR) is 53.4 cm³/mol. The van der Waals surface area contributed by atoms with Crippen molar-refractivity contribution in [1.82, 2.24) is 9.97 Å². The average molecular weight is 242 g/mol. The fraction of sp³-hybridized carbons (Fsp3) is 0.444. The van der Waals surface area contributed by atoms with E-state index < -0.39 is 27.0 Å². The SMILES string of the molecule is O=C(O)[C@H]1C[C@@H](S(=O)(=O)c2ncccn2)C1. The van der Waals surface area contributed by atoms with Crippen LogP contribution in [0.1, 0.15) is 12.8 Å². The Morgan fingerprint density at radius 1 is 1.31 bits per heavy atom. The molecule has 86 valence electrons. The lowest BCUT2D eigenvalue weighted by molar-refractivity contribution is -0.144. The Hall–Kier alpha value is -1.50. The summed E-state index contributed by atoms with van der Waals surface area (Å²) in [5.41, 5.74) is 0. The van der Waals surface area contributed by atoms with E-state index in [0.29, 0.717) is 0 Å². The zero-order valence-corrected chi connectivity index (χ0v) is 9.09. The summed E-state index contributed by atoms with van der Waals surface area (Å²) in [6.07, 6.45) is 3.01. The topological polar surface area (TPSA) is 97.2 Å². The van der Waals surface area contributed by atoms with Crippen LogP contribution < -0.4 is 0 Å². The average Bonchev–Trinajstić information content (AvgIpc) is 2.15. The standard InChI is InChI=1S/C9H10N2O4S/c12-8(13)6-4-7(5-6)16(14,15)9-10-2-1-3-11-9/h1-3,6-7H,4-5H2,(H,12,13)/t6-,7+. The second-order valence-corrected chi connectivity index (χ2v) is 5.83. The summed E-state index contributed by atoms with van der Waals surface area (Å²) in [6, 6.07) is 1.53. The van der Waals surface area contributed by atoms with E-state index in [1.165, 1.54) is 18.5 Å². The van der Waals surface area contributed by atoms with Crippen LogP contribution in [0.25, 0.3) is 0 Å². The molecule has 0 amide bonds. The molecule has 0 spiro atoms. The summed E-state index contributed by atoms with van der Waals surface area (Å²) < 4.78 is 23.7. The molecule has 0 aromatic carbocycles. The van der Waals surface area contributed by atoms with E-state index in [2.05, 4.69) is 9.97 Å². The molecule has 0 bridgehead atoms. The number of aromatic nitrogens is 2. The fourth-order valence-corrected chi connectivity index (χ4v) is 3.29. The summed E-state index contributed by atoms with van der Waals surface area (Å²) in [5, 5.41) is 7.79. The molecule has 1 N–H and O–H groups in total. The Balaban J connectivity index is 2.15. The molecule has 1 aromatic rings. The van der Waals surface area contributed by atoms with Crippen molar-refractivity contribution in [3.05, 3.63) is 18.5 Å². The fourth-order valence-electron chi connectivity index (χ4n) is 1.60. The molecule has 0 aliphatic heterocycles. The number of carboxylic acid groups (broad SMARTS) is 1. The van der Waals surface area contributed by atoms with Gasteiger partial charge in [0.25, 0.3) is 0 Å².